The molecule has 2 rings (SSSR count). The van der Waals surface area contributed by atoms with Crippen LogP contribution in [0.3, 0.4) is 0 Å². The lowest BCUT2D eigenvalue weighted by Gasteiger charge is -2.37. The predicted molar refractivity (Wildman–Crippen MR) is 86.2 cm³/mol. The van der Waals surface area contributed by atoms with Crippen molar-refractivity contribution in [3.05, 3.63) is 33.9 Å². The molecule has 140 valence electrons. The normalized spacial score (nSPS) is 16.9. The average Bonchev–Trinajstić information content (AvgIpc) is 2.52. The van der Waals surface area contributed by atoms with Gasteiger partial charge in [0.25, 0.3) is 5.69 Å². The fourth-order valence-corrected chi connectivity index (χ4v) is 2.62. The SMILES string of the molecule is CC(C(=O)O)N1CCN(c2ccc(C(F)(F)F)cc2[N+](=O)[O-])CC1.Cl. The fourth-order valence-electron chi connectivity index (χ4n) is 2.62. The van der Waals surface area contributed by atoms with Gasteiger partial charge in [0.2, 0.25) is 0 Å². The van der Waals surface area contributed by atoms with Crippen LogP contribution in [0.5, 0.6) is 0 Å². The summed E-state index contributed by atoms with van der Waals surface area (Å²) in [5, 5.41) is 20.1. The highest BCUT2D eigenvalue weighted by Crippen LogP contribution is 2.36. The molecule has 0 spiro atoms. The summed E-state index contributed by atoms with van der Waals surface area (Å²) in [6.07, 6.45) is -4.65. The molecular weight excluding hydrogens is 367 g/mol. The number of aliphatic carboxylic acids is 1. The van der Waals surface area contributed by atoms with Crippen LogP contribution in [0.1, 0.15) is 12.5 Å². The van der Waals surface area contributed by atoms with Crippen molar-refractivity contribution < 1.29 is 28.0 Å². The fraction of sp³-hybridized carbons (Fsp3) is 0.500. The molecule has 0 saturated carbocycles. The molecule has 1 aliphatic rings. The van der Waals surface area contributed by atoms with E-state index in [-0.39, 0.29) is 18.1 Å². The Labute approximate surface area is 147 Å². The van der Waals surface area contributed by atoms with Gasteiger partial charge in [0.05, 0.1) is 10.5 Å². The number of piperazine rings is 1. The molecule has 1 heterocycles. The number of hydrogen-bond donors (Lipinski definition) is 1. The lowest BCUT2D eigenvalue weighted by molar-refractivity contribution is -0.384. The Morgan fingerprint density at radius 1 is 1.28 bits per heavy atom. The van der Waals surface area contributed by atoms with E-state index in [0.29, 0.717) is 32.2 Å². The predicted octanol–water partition coefficient (Wildman–Crippen LogP) is 2.63. The van der Waals surface area contributed by atoms with Gasteiger partial charge in [-0.2, -0.15) is 13.2 Å². The van der Waals surface area contributed by atoms with Gasteiger partial charge in [-0.25, -0.2) is 0 Å². The van der Waals surface area contributed by atoms with Gasteiger partial charge in [-0.1, -0.05) is 0 Å². The van der Waals surface area contributed by atoms with Crippen LogP contribution in [-0.4, -0.2) is 53.1 Å². The van der Waals surface area contributed by atoms with Crippen molar-refractivity contribution in [2.45, 2.75) is 19.1 Å². The van der Waals surface area contributed by atoms with Crippen molar-refractivity contribution in [1.82, 2.24) is 4.90 Å². The molecule has 0 bridgehead atoms. The highest BCUT2D eigenvalue weighted by Gasteiger charge is 2.34. The van der Waals surface area contributed by atoms with Crippen molar-refractivity contribution in [3.8, 4) is 0 Å². The van der Waals surface area contributed by atoms with E-state index in [1.165, 1.54) is 0 Å². The number of carbonyl (C=O) groups is 1. The first-order valence-corrected chi connectivity index (χ1v) is 7.18. The summed E-state index contributed by atoms with van der Waals surface area (Å²) in [7, 11) is 0. The number of rotatable bonds is 4. The Morgan fingerprint density at radius 3 is 2.28 bits per heavy atom. The third kappa shape index (κ3) is 4.73. The maximum Gasteiger partial charge on any atom is 0.416 e. The highest BCUT2D eigenvalue weighted by molar-refractivity contribution is 5.85. The zero-order valence-corrected chi connectivity index (χ0v) is 14.0. The molecule has 1 N–H and O–H groups in total. The Hall–Kier alpha value is -2.07. The number of nitro groups is 1. The third-order valence-corrected chi connectivity index (χ3v) is 4.06. The van der Waals surface area contributed by atoms with Crippen molar-refractivity contribution >= 4 is 29.8 Å². The van der Waals surface area contributed by atoms with Crippen LogP contribution in [-0.2, 0) is 11.0 Å². The summed E-state index contributed by atoms with van der Waals surface area (Å²) in [5.41, 5.74) is -1.57. The molecule has 1 unspecified atom stereocenters. The standard InChI is InChI=1S/C14H16F3N3O4.ClH/c1-9(13(21)22)18-4-6-19(7-5-18)11-3-2-10(14(15,16)17)8-12(11)20(23)24;/h2-3,8-9H,4-7H2,1H3,(H,21,22);1H. The van der Waals surface area contributed by atoms with Crippen molar-refractivity contribution in [2.24, 2.45) is 0 Å². The summed E-state index contributed by atoms with van der Waals surface area (Å²) < 4.78 is 38.2. The molecule has 1 fully saturated rings. The quantitative estimate of drug-likeness (QED) is 0.635. The van der Waals surface area contributed by atoms with Crippen LogP contribution >= 0.6 is 12.4 Å². The molecule has 0 amide bonds. The lowest BCUT2D eigenvalue weighted by atomic mass is 10.1. The van der Waals surface area contributed by atoms with Crippen molar-refractivity contribution in [3.63, 3.8) is 0 Å². The molecule has 1 aromatic carbocycles. The molecule has 0 radical (unpaired) electrons. The smallest absolute Gasteiger partial charge is 0.416 e. The second-order valence-corrected chi connectivity index (χ2v) is 5.50. The van der Waals surface area contributed by atoms with Crippen LogP contribution in [0, 0.1) is 10.1 Å². The highest BCUT2D eigenvalue weighted by atomic mass is 35.5. The Morgan fingerprint density at radius 2 is 1.84 bits per heavy atom. The maximum absolute atomic E-state index is 12.7. The van der Waals surface area contributed by atoms with Crippen LogP contribution in [0.4, 0.5) is 24.5 Å². The second-order valence-electron chi connectivity index (χ2n) is 5.50. The van der Waals surface area contributed by atoms with E-state index in [1.54, 1.807) is 16.7 Å². The zero-order chi connectivity index (χ0) is 18.1. The zero-order valence-electron chi connectivity index (χ0n) is 13.2. The van der Waals surface area contributed by atoms with Gasteiger partial charge in [-0.3, -0.25) is 19.8 Å². The number of benzene rings is 1. The minimum absolute atomic E-state index is 0. The number of anilines is 1. The topological polar surface area (TPSA) is 86.9 Å². The minimum atomic E-state index is -4.65. The summed E-state index contributed by atoms with van der Waals surface area (Å²) >= 11 is 0. The number of halogens is 4. The van der Waals surface area contributed by atoms with Crippen LogP contribution in [0.15, 0.2) is 18.2 Å². The first-order chi connectivity index (χ1) is 11.1. The summed E-state index contributed by atoms with van der Waals surface area (Å²) in [4.78, 5) is 24.6. The molecular formula is C14H17ClF3N3O4. The van der Waals surface area contributed by atoms with E-state index in [4.69, 9.17) is 5.11 Å². The minimum Gasteiger partial charge on any atom is -0.480 e. The number of hydrogen-bond acceptors (Lipinski definition) is 5. The van der Waals surface area contributed by atoms with Crippen LogP contribution < -0.4 is 4.90 Å². The molecule has 0 aliphatic carbocycles. The number of carboxylic acid groups (broad SMARTS) is 1. The molecule has 1 atom stereocenters. The van der Waals surface area contributed by atoms with Crippen molar-refractivity contribution in [1.29, 1.82) is 0 Å². The Balaban J connectivity index is 0.00000312. The molecule has 0 aromatic heterocycles. The monoisotopic (exact) mass is 383 g/mol. The Kier molecular flexibility index (Phi) is 6.61. The van der Waals surface area contributed by atoms with Gasteiger partial charge in [0, 0.05) is 32.2 Å². The first kappa shape index (κ1) is 21.0. The van der Waals surface area contributed by atoms with Gasteiger partial charge in [0.15, 0.2) is 0 Å². The van der Waals surface area contributed by atoms with Crippen LogP contribution in [0.2, 0.25) is 0 Å². The van der Waals surface area contributed by atoms with Gasteiger partial charge >= 0.3 is 12.1 Å². The lowest BCUT2D eigenvalue weighted by Crippen LogP contribution is -2.51. The number of alkyl halides is 3. The van der Waals surface area contributed by atoms with Crippen molar-refractivity contribution in [2.75, 3.05) is 31.1 Å². The van der Waals surface area contributed by atoms with E-state index < -0.39 is 34.4 Å². The van der Waals surface area contributed by atoms with E-state index in [1.807, 2.05) is 0 Å². The number of carboxylic acids is 1. The van der Waals surface area contributed by atoms with Gasteiger partial charge in [0.1, 0.15) is 11.7 Å². The molecule has 1 aliphatic heterocycles. The van der Waals surface area contributed by atoms with Gasteiger partial charge < -0.3 is 10.0 Å². The van der Waals surface area contributed by atoms with Gasteiger partial charge in [-0.05, 0) is 19.1 Å². The molecule has 7 nitrogen and oxygen atoms in total. The van der Waals surface area contributed by atoms with E-state index in [0.717, 1.165) is 12.1 Å². The van der Waals surface area contributed by atoms with E-state index >= 15 is 0 Å². The number of nitrogens with zero attached hydrogens (tertiary/aromatic N) is 3. The maximum atomic E-state index is 12.7. The van der Waals surface area contributed by atoms with E-state index in [2.05, 4.69) is 0 Å². The molecule has 11 heteroatoms. The largest absolute Gasteiger partial charge is 0.480 e. The summed E-state index contributed by atoms with van der Waals surface area (Å²) in [5.74, 6) is -0.969. The van der Waals surface area contributed by atoms with Gasteiger partial charge in [-0.15, -0.1) is 12.4 Å². The first-order valence-electron chi connectivity index (χ1n) is 7.18. The molecule has 25 heavy (non-hydrogen) atoms. The number of nitro benzene ring substituents is 1. The van der Waals surface area contributed by atoms with E-state index in [9.17, 15) is 28.1 Å². The Bertz CT molecular complexity index is 649. The summed E-state index contributed by atoms with van der Waals surface area (Å²) in [6.45, 7) is 2.84. The average molecular weight is 384 g/mol. The molecule has 1 saturated heterocycles. The van der Waals surface area contributed by atoms with Crippen LogP contribution in [0.25, 0.3) is 0 Å². The summed E-state index contributed by atoms with van der Waals surface area (Å²) in [6, 6.07) is 1.75. The molecule has 1 aromatic rings. The second kappa shape index (κ2) is 7.87. The third-order valence-electron chi connectivity index (χ3n) is 4.06.